The summed E-state index contributed by atoms with van der Waals surface area (Å²) in [6.07, 6.45) is 9.22. The third-order valence-corrected chi connectivity index (χ3v) is 8.20. The lowest BCUT2D eigenvalue weighted by atomic mass is 10.0. The molecule has 1 N–H and O–H groups in total. The summed E-state index contributed by atoms with van der Waals surface area (Å²) < 4.78 is 17.3. The summed E-state index contributed by atoms with van der Waals surface area (Å²) in [5, 5.41) is 9.19. The fourth-order valence-electron chi connectivity index (χ4n) is 4.77. The van der Waals surface area contributed by atoms with Gasteiger partial charge in [0.25, 0.3) is 5.56 Å². The predicted molar refractivity (Wildman–Crippen MR) is 136 cm³/mol. The Kier molecular flexibility index (Phi) is 8.08. The van der Waals surface area contributed by atoms with Crippen LogP contribution in [0.1, 0.15) is 55.5 Å². The largest absolute Gasteiger partial charge is 0.354 e. The minimum atomic E-state index is -0.298. The van der Waals surface area contributed by atoms with E-state index in [0.29, 0.717) is 24.0 Å². The van der Waals surface area contributed by atoms with Crippen LogP contribution in [0.3, 0.4) is 0 Å². The van der Waals surface area contributed by atoms with Crippen LogP contribution in [0.4, 0.5) is 4.39 Å². The van der Waals surface area contributed by atoms with Crippen LogP contribution in [-0.2, 0) is 17.9 Å². The van der Waals surface area contributed by atoms with Crippen molar-refractivity contribution < 1.29 is 9.18 Å². The Labute approximate surface area is 203 Å². The van der Waals surface area contributed by atoms with Crippen molar-refractivity contribution in [3.8, 4) is 0 Å². The van der Waals surface area contributed by atoms with E-state index in [0.717, 1.165) is 34.2 Å². The first kappa shape index (κ1) is 24.5. The van der Waals surface area contributed by atoms with Crippen molar-refractivity contribution >= 4 is 28.4 Å². The van der Waals surface area contributed by atoms with E-state index >= 15 is 0 Å². The number of carbonyl (C=O) groups is 1. The van der Waals surface area contributed by atoms with Gasteiger partial charge in [-0.25, -0.2) is 9.07 Å². The summed E-state index contributed by atoms with van der Waals surface area (Å²) in [6.45, 7) is 4.58. The zero-order valence-electron chi connectivity index (χ0n) is 20.0. The molecule has 0 radical (unpaired) electrons. The molecule has 4 rings (SSSR count). The van der Waals surface area contributed by atoms with Crippen molar-refractivity contribution in [2.45, 2.75) is 70.7 Å². The van der Waals surface area contributed by atoms with Crippen molar-refractivity contribution in [2.24, 2.45) is 0 Å². The highest BCUT2D eigenvalue weighted by molar-refractivity contribution is 7.99. The number of hydrogen-bond donors (Lipinski definition) is 1. The second kappa shape index (κ2) is 11.2. The van der Waals surface area contributed by atoms with E-state index in [1.54, 1.807) is 24.4 Å². The fourth-order valence-corrected chi connectivity index (χ4v) is 6.08. The molecular weight excluding hydrogens is 451 g/mol. The summed E-state index contributed by atoms with van der Waals surface area (Å²) in [6, 6.07) is 6.64. The van der Waals surface area contributed by atoms with Crippen LogP contribution in [0.15, 0.2) is 35.3 Å². The van der Waals surface area contributed by atoms with E-state index in [1.807, 2.05) is 30.2 Å². The summed E-state index contributed by atoms with van der Waals surface area (Å²) in [7, 11) is 0. The van der Waals surface area contributed by atoms with Crippen molar-refractivity contribution in [1.82, 2.24) is 19.7 Å². The lowest BCUT2D eigenvalue weighted by Crippen LogP contribution is -2.34. The van der Waals surface area contributed by atoms with Crippen LogP contribution in [0.5, 0.6) is 0 Å². The molecule has 0 aliphatic heterocycles. The summed E-state index contributed by atoms with van der Waals surface area (Å²) in [5.74, 6) is 0.559. The topological polar surface area (TPSA) is 68.9 Å². The standard InChI is InChI=1S/C26H33FN4O2S/c1-18-22-15-29-31(17-24(32)28-13-8-14-34-21-10-4-3-5-11-21)26(33)25(22)19(2)30(18)16-20-9-6-7-12-23(20)27/h6-7,9,12,15,21H,3-5,8,10-11,13-14,16-17H2,1-2H3,(H,28,32). The molecule has 1 saturated carbocycles. The zero-order chi connectivity index (χ0) is 24.1. The van der Waals surface area contributed by atoms with Gasteiger partial charge in [0.15, 0.2) is 0 Å². The van der Waals surface area contributed by atoms with Crippen LogP contribution in [-0.4, -0.2) is 37.8 Å². The summed E-state index contributed by atoms with van der Waals surface area (Å²) >= 11 is 2.02. The molecule has 1 aromatic carbocycles. The van der Waals surface area contributed by atoms with Crippen molar-refractivity contribution in [3.05, 3.63) is 63.6 Å². The third kappa shape index (κ3) is 5.54. The van der Waals surface area contributed by atoms with E-state index in [1.165, 1.54) is 42.9 Å². The quantitative estimate of drug-likeness (QED) is 0.452. The smallest absolute Gasteiger partial charge is 0.276 e. The van der Waals surface area contributed by atoms with Crippen LogP contribution in [0, 0.1) is 19.7 Å². The molecule has 6 nitrogen and oxygen atoms in total. The monoisotopic (exact) mass is 484 g/mol. The highest BCUT2D eigenvalue weighted by Gasteiger charge is 2.18. The van der Waals surface area contributed by atoms with E-state index in [9.17, 15) is 14.0 Å². The maximum atomic E-state index is 14.2. The minimum Gasteiger partial charge on any atom is -0.354 e. The number of thioether (sulfide) groups is 1. The van der Waals surface area contributed by atoms with Crippen molar-refractivity contribution in [2.75, 3.05) is 12.3 Å². The number of halogens is 1. The normalized spacial score (nSPS) is 14.6. The Bertz CT molecular complexity index is 1210. The molecule has 1 aliphatic carbocycles. The molecule has 1 amide bonds. The molecule has 0 spiro atoms. The zero-order valence-corrected chi connectivity index (χ0v) is 20.8. The van der Waals surface area contributed by atoms with Crippen LogP contribution in [0.2, 0.25) is 0 Å². The van der Waals surface area contributed by atoms with E-state index in [-0.39, 0.29) is 23.8 Å². The maximum absolute atomic E-state index is 14.2. The van der Waals surface area contributed by atoms with Gasteiger partial charge in [-0.05, 0) is 44.9 Å². The molecule has 2 heterocycles. The molecule has 1 fully saturated rings. The third-order valence-electron chi connectivity index (χ3n) is 6.73. The van der Waals surface area contributed by atoms with E-state index < -0.39 is 0 Å². The predicted octanol–water partition coefficient (Wildman–Crippen LogP) is 4.57. The first-order valence-electron chi connectivity index (χ1n) is 12.1. The molecular formula is C26H33FN4O2S. The molecule has 2 aromatic heterocycles. The van der Waals surface area contributed by atoms with Gasteiger partial charge in [-0.2, -0.15) is 16.9 Å². The van der Waals surface area contributed by atoms with E-state index in [4.69, 9.17) is 0 Å². The first-order chi connectivity index (χ1) is 16.5. The molecule has 1 aliphatic rings. The van der Waals surface area contributed by atoms with Gasteiger partial charge in [-0.3, -0.25) is 9.59 Å². The van der Waals surface area contributed by atoms with Crippen LogP contribution >= 0.6 is 11.8 Å². The molecule has 0 unspecified atom stereocenters. The molecule has 3 aromatic rings. The van der Waals surface area contributed by atoms with Crippen LogP contribution in [0.25, 0.3) is 10.8 Å². The number of rotatable bonds is 9. The Morgan fingerprint density at radius 3 is 2.71 bits per heavy atom. The average Bonchev–Trinajstić information content (AvgIpc) is 3.07. The van der Waals surface area contributed by atoms with Gasteiger partial charge in [-0.15, -0.1) is 0 Å². The molecule has 8 heteroatoms. The molecule has 34 heavy (non-hydrogen) atoms. The average molecular weight is 485 g/mol. The number of nitrogens with zero attached hydrogens (tertiary/aromatic N) is 3. The fraction of sp³-hybridized carbons (Fsp3) is 0.500. The molecule has 0 bridgehead atoms. The van der Waals surface area contributed by atoms with Gasteiger partial charge in [0.05, 0.1) is 18.1 Å². The first-order valence-corrected chi connectivity index (χ1v) is 13.2. The second-order valence-corrected chi connectivity index (χ2v) is 10.5. The molecule has 0 atom stereocenters. The van der Waals surface area contributed by atoms with Gasteiger partial charge in [0.2, 0.25) is 5.91 Å². The van der Waals surface area contributed by atoms with Gasteiger partial charge >= 0.3 is 0 Å². The van der Waals surface area contributed by atoms with Gasteiger partial charge in [-0.1, -0.05) is 37.5 Å². The number of amides is 1. The van der Waals surface area contributed by atoms with Gasteiger partial charge < -0.3 is 9.88 Å². The Balaban J connectivity index is 1.39. The SMILES string of the molecule is Cc1c2cnn(CC(=O)NCCCSC3CCCCC3)c(=O)c2c(C)n1Cc1ccccc1F. The van der Waals surface area contributed by atoms with Crippen molar-refractivity contribution in [1.29, 1.82) is 0 Å². The lowest BCUT2D eigenvalue weighted by Gasteiger charge is -2.20. The summed E-state index contributed by atoms with van der Waals surface area (Å²) in [4.78, 5) is 25.6. The molecule has 0 saturated heterocycles. The number of nitrogens with one attached hydrogen (secondary N) is 1. The number of aromatic nitrogens is 3. The van der Waals surface area contributed by atoms with Crippen molar-refractivity contribution in [3.63, 3.8) is 0 Å². The lowest BCUT2D eigenvalue weighted by molar-refractivity contribution is -0.121. The highest BCUT2D eigenvalue weighted by atomic mass is 32.2. The Hall–Kier alpha value is -2.61. The number of hydrogen-bond acceptors (Lipinski definition) is 4. The van der Waals surface area contributed by atoms with Gasteiger partial charge in [0.1, 0.15) is 12.4 Å². The number of benzene rings is 1. The number of fused-ring (bicyclic) bond motifs is 1. The second-order valence-electron chi connectivity index (χ2n) is 9.08. The summed E-state index contributed by atoms with van der Waals surface area (Å²) in [5.41, 5.74) is 1.86. The number of aryl methyl sites for hydroxylation is 2. The van der Waals surface area contributed by atoms with E-state index in [2.05, 4.69) is 10.4 Å². The minimum absolute atomic E-state index is 0.110. The molecule has 182 valence electrons. The van der Waals surface area contributed by atoms with Crippen LogP contribution < -0.4 is 10.9 Å². The Morgan fingerprint density at radius 1 is 1.18 bits per heavy atom. The van der Waals surface area contributed by atoms with Gasteiger partial charge in [0, 0.05) is 34.1 Å². The Morgan fingerprint density at radius 2 is 1.94 bits per heavy atom. The maximum Gasteiger partial charge on any atom is 0.276 e. The number of carbonyl (C=O) groups excluding carboxylic acids is 1. The highest BCUT2D eigenvalue weighted by Crippen LogP contribution is 2.28.